The number of nitrogens with zero attached hydrogens (tertiary/aromatic N) is 4. The maximum absolute atomic E-state index is 6.15. The van der Waals surface area contributed by atoms with E-state index in [4.69, 9.17) is 23.2 Å². The lowest BCUT2D eigenvalue weighted by atomic mass is 10.1. The Labute approximate surface area is 146 Å². The summed E-state index contributed by atoms with van der Waals surface area (Å²) < 4.78 is 0. The first-order valence-electron chi connectivity index (χ1n) is 7.31. The van der Waals surface area contributed by atoms with Crippen molar-refractivity contribution in [3.05, 3.63) is 40.0 Å². The molecule has 0 aliphatic heterocycles. The Morgan fingerprint density at radius 1 is 1.13 bits per heavy atom. The standard InChI is InChI=1S/C15H20Cl2N6/c1-23(2)8-7-18-14-10-20-22-15(21-14)19-6-5-11-3-4-12(16)9-13(11)17/h3-4,9-10H,5-8H2,1-2H3,(H2,18,19,21,22). The summed E-state index contributed by atoms with van der Waals surface area (Å²) >= 11 is 12.0. The minimum atomic E-state index is 0.491. The van der Waals surface area contributed by atoms with Crippen LogP contribution in [0.1, 0.15) is 5.56 Å². The van der Waals surface area contributed by atoms with Crippen LogP contribution >= 0.6 is 23.2 Å². The van der Waals surface area contributed by atoms with Gasteiger partial charge >= 0.3 is 0 Å². The van der Waals surface area contributed by atoms with Crippen molar-refractivity contribution < 1.29 is 0 Å². The number of hydrogen-bond donors (Lipinski definition) is 2. The highest BCUT2D eigenvalue weighted by Gasteiger charge is 2.03. The summed E-state index contributed by atoms with van der Waals surface area (Å²) in [5, 5.41) is 15.6. The van der Waals surface area contributed by atoms with Crippen LogP contribution in [0.5, 0.6) is 0 Å². The molecule has 23 heavy (non-hydrogen) atoms. The van der Waals surface area contributed by atoms with Gasteiger partial charge in [0.1, 0.15) is 0 Å². The lowest BCUT2D eigenvalue weighted by Crippen LogP contribution is -2.21. The minimum absolute atomic E-state index is 0.491. The van der Waals surface area contributed by atoms with E-state index >= 15 is 0 Å². The number of rotatable bonds is 8. The average Bonchev–Trinajstić information content (AvgIpc) is 2.49. The lowest BCUT2D eigenvalue weighted by molar-refractivity contribution is 0.425. The summed E-state index contributed by atoms with van der Waals surface area (Å²) in [6.45, 7) is 2.37. The van der Waals surface area contributed by atoms with Crippen molar-refractivity contribution in [3.63, 3.8) is 0 Å². The fourth-order valence-corrected chi connectivity index (χ4v) is 2.41. The molecule has 0 bridgehead atoms. The van der Waals surface area contributed by atoms with E-state index in [1.54, 1.807) is 12.3 Å². The summed E-state index contributed by atoms with van der Waals surface area (Å²) in [5.41, 5.74) is 1.02. The molecule has 0 aliphatic rings. The maximum atomic E-state index is 6.15. The highest BCUT2D eigenvalue weighted by atomic mass is 35.5. The van der Waals surface area contributed by atoms with E-state index < -0.39 is 0 Å². The number of benzene rings is 1. The molecule has 6 nitrogen and oxygen atoms in total. The van der Waals surface area contributed by atoms with E-state index in [0.717, 1.165) is 25.1 Å². The molecule has 0 saturated carbocycles. The summed E-state index contributed by atoms with van der Waals surface area (Å²) in [6, 6.07) is 5.49. The van der Waals surface area contributed by atoms with Gasteiger partial charge in [0.15, 0.2) is 5.82 Å². The lowest BCUT2D eigenvalue weighted by Gasteiger charge is -2.11. The normalized spacial score (nSPS) is 10.8. The van der Waals surface area contributed by atoms with Gasteiger partial charge in [-0.25, -0.2) is 0 Å². The second-order valence-electron chi connectivity index (χ2n) is 5.31. The van der Waals surface area contributed by atoms with Gasteiger partial charge in [0.05, 0.1) is 6.20 Å². The molecule has 0 fully saturated rings. The van der Waals surface area contributed by atoms with Crippen molar-refractivity contribution in [1.82, 2.24) is 20.1 Å². The van der Waals surface area contributed by atoms with E-state index in [-0.39, 0.29) is 0 Å². The Morgan fingerprint density at radius 3 is 2.70 bits per heavy atom. The predicted octanol–water partition coefficient (Wildman–Crippen LogP) is 2.81. The molecule has 1 heterocycles. The Bertz CT molecular complexity index is 635. The zero-order valence-corrected chi connectivity index (χ0v) is 14.7. The van der Waals surface area contributed by atoms with Crippen molar-refractivity contribution in [2.75, 3.05) is 44.4 Å². The third-order valence-electron chi connectivity index (χ3n) is 3.12. The number of nitrogens with one attached hydrogen (secondary N) is 2. The average molecular weight is 355 g/mol. The molecule has 2 rings (SSSR count). The van der Waals surface area contributed by atoms with Gasteiger partial charge in [0, 0.05) is 29.7 Å². The Hall–Kier alpha value is -1.63. The van der Waals surface area contributed by atoms with Gasteiger partial charge in [-0.15, -0.1) is 5.10 Å². The van der Waals surface area contributed by atoms with Gasteiger partial charge in [-0.3, -0.25) is 0 Å². The van der Waals surface area contributed by atoms with Crippen molar-refractivity contribution in [3.8, 4) is 0 Å². The molecule has 2 aromatic rings. The van der Waals surface area contributed by atoms with Gasteiger partial charge in [0.25, 0.3) is 0 Å². The van der Waals surface area contributed by atoms with E-state index in [1.165, 1.54) is 0 Å². The first kappa shape index (κ1) is 17.7. The first-order valence-corrected chi connectivity index (χ1v) is 8.06. The smallest absolute Gasteiger partial charge is 0.244 e. The van der Waals surface area contributed by atoms with Crippen LogP contribution in [0.2, 0.25) is 10.0 Å². The first-order chi connectivity index (χ1) is 11.0. The van der Waals surface area contributed by atoms with Crippen LogP contribution in [0.3, 0.4) is 0 Å². The van der Waals surface area contributed by atoms with Crippen molar-refractivity contribution >= 4 is 35.0 Å². The second-order valence-corrected chi connectivity index (χ2v) is 6.15. The van der Waals surface area contributed by atoms with Crippen molar-refractivity contribution in [1.29, 1.82) is 0 Å². The Balaban J connectivity index is 1.83. The van der Waals surface area contributed by atoms with Crippen LogP contribution in [-0.2, 0) is 6.42 Å². The fraction of sp³-hybridized carbons (Fsp3) is 0.400. The summed E-state index contributed by atoms with van der Waals surface area (Å²) in [6.07, 6.45) is 2.36. The molecular weight excluding hydrogens is 335 g/mol. The topological polar surface area (TPSA) is 66.0 Å². The van der Waals surface area contributed by atoms with E-state index in [0.29, 0.717) is 28.4 Å². The van der Waals surface area contributed by atoms with E-state index in [2.05, 4.69) is 30.7 Å². The van der Waals surface area contributed by atoms with Crippen LogP contribution in [0.25, 0.3) is 0 Å². The molecule has 0 unspecified atom stereocenters. The van der Waals surface area contributed by atoms with Crippen LogP contribution in [-0.4, -0.2) is 53.8 Å². The van der Waals surface area contributed by atoms with Crippen LogP contribution in [0.15, 0.2) is 24.4 Å². The summed E-state index contributed by atoms with van der Waals surface area (Å²) in [7, 11) is 4.05. The molecule has 2 N–H and O–H groups in total. The fourth-order valence-electron chi connectivity index (χ4n) is 1.90. The van der Waals surface area contributed by atoms with Gasteiger partial charge in [0.2, 0.25) is 5.95 Å². The largest absolute Gasteiger partial charge is 0.367 e. The molecule has 1 aromatic heterocycles. The molecule has 0 aliphatic carbocycles. The minimum Gasteiger partial charge on any atom is -0.367 e. The summed E-state index contributed by atoms with van der Waals surface area (Å²) in [5.74, 6) is 1.19. The molecule has 0 atom stereocenters. The molecule has 8 heteroatoms. The van der Waals surface area contributed by atoms with Crippen LogP contribution in [0.4, 0.5) is 11.8 Å². The van der Waals surface area contributed by atoms with Crippen molar-refractivity contribution in [2.45, 2.75) is 6.42 Å². The van der Waals surface area contributed by atoms with Gasteiger partial charge in [-0.05, 0) is 38.2 Å². The Morgan fingerprint density at radius 2 is 1.96 bits per heavy atom. The van der Waals surface area contributed by atoms with Gasteiger partial charge < -0.3 is 15.5 Å². The van der Waals surface area contributed by atoms with Crippen LogP contribution < -0.4 is 10.6 Å². The number of hydrogen-bond acceptors (Lipinski definition) is 6. The van der Waals surface area contributed by atoms with E-state index in [9.17, 15) is 0 Å². The number of aromatic nitrogens is 3. The number of likely N-dealkylation sites (N-methyl/N-ethyl adjacent to an activating group) is 1. The monoisotopic (exact) mass is 354 g/mol. The number of anilines is 2. The molecular formula is C15H20Cl2N6. The third kappa shape index (κ3) is 6.17. The van der Waals surface area contributed by atoms with Gasteiger partial charge in [-0.1, -0.05) is 29.3 Å². The molecule has 0 spiro atoms. The zero-order valence-electron chi connectivity index (χ0n) is 13.2. The molecule has 0 radical (unpaired) electrons. The summed E-state index contributed by atoms with van der Waals surface area (Å²) in [4.78, 5) is 6.46. The highest BCUT2D eigenvalue weighted by molar-refractivity contribution is 6.35. The predicted molar refractivity (Wildman–Crippen MR) is 95.5 cm³/mol. The molecule has 1 aromatic carbocycles. The maximum Gasteiger partial charge on any atom is 0.244 e. The van der Waals surface area contributed by atoms with Gasteiger partial charge in [-0.2, -0.15) is 10.1 Å². The third-order valence-corrected chi connectivity index (χ3v) is 3.70. The van der Waals surface area contributed by atoms with Crippen molar-refractivity contribution in [2.24, 2.45) is 0 Å². The SMILES string of the molecule is CN(C)CCNc1cnnc(NCCc2ccc(Cl)cc2Cl)n1. The molecule has 124 valence electrons. The zero-order chi connectivity index (χ0) is 16.7. The molecule has 0 amide bonds. The Kier molecular flexibility index (Phi) is 6.83. The van der Waals surface area contributed by atoms with E-state index in [1.807, 2.05) is 26.2 Å². The second kappa shape index (κ2) is 8.86. The van der Waals surface area contributed by atoms with Crippen LogP contribution in [0, 0.1) is 0 Å². The highest BCUT2D eigenvalue weighted by Crippen LogP contribution is 2.21. The number of halogens is 2. The molecule has 0 saturated heterocycles. The quantitative estimate of drug-likeness (QED) is 0.759.